The molecule has 17 heavy (non-hydrogen) atoms. The van der Waals surface area contributed by atoms with Crippen LogP contribution >= 0.6 is 0 Å². The second kappa shape index (κ2) is 4.74. The van der Waals surface area contributed by atoms with Crippen molar-refractivity contribution in [2.75, 3.05) is 0 Å². The SMILES string of the molecule is C=CCCCC1(C(=O)O)CCc2ccccc21. The number of carboxylic acid groups (broad SMARTS) is 1. The second-order valence-electron chi connectivity index (χ2n) is 4.73. The second-order valence-corrected chi connectivity index (χ2v) is 4.73. The minimum atomic E-state index is -0.675. The number of aliphatic carboxylic acids is 1. The summed E-state index contributed by atoms with van der Waals surface area (Å²) >= 11 is 0. The number of fused-ring (bicyclic) bond motifs is 1. The van der Waals surface area contributed by atoms with Gasteiger partial charge in [0.15, 0.2) is 0 Å². The van der Waals surface area contributed by atoms with Crippen molar-refractivity contribution < 1.29 is 9.90 Å². The van der Waals surface area contributed by atoms with E-state index in [4.69, 9.17) is 0 Å². The number of carbonyl (C=O) groups is 1. The molecule has 0 aliphatic heterocycles. The van der Waals surface area contributed by atoms with E-state index < -0.39 is 11.4 Å². The maximum Gasteiger partial charge on any atom is 0.314 e. The van der Waals surface area contributed by atoms with Crippen LogP contribution in [0.3, 0.4) is 0 Å². The monoisotopic (exact) mass is 230 g/mol. The molecule has 0 saturated carbocycles. The fourth-order valence-electron chi connectivity index (χ4n) is 2.82. The van der Waals surface area contributed by atoms with Gasteiger partial charge in [0.2, 0.25) is 0 Å². The van der Waals surface area contributed by atoms with Crippen LogP contribution in [-0.4, -0.2) is 11.1 Å². The van der Waals surface area contributed by atoms with E-state index in [1.807, 2.05) is 30.3 Å². The number of carboxylic acids is 1. The molecule has 2 nitrogen and oxygen atoms in total. The lowest BCUT2D eigenvalue weighted by atomic mass is 9.77. The van der Waals surface area contributed by atoms with Crippen molar-refractivity contribution in [1.82, 2.24) is 0 Å². The van der Waals surface area contributed by atoms with Gasteiger partial charge in [-0.15, -0.1) is 6.58 Å². The van der Waals surface area contributed by atoms with Gasteiger partial charge < -0.3 is 5.11 Å². The van der Waals surface area contributed by atoms with Crippen LogP contribution in [0.2, 0.25) is 0 Å². The van der Waals surface area contributed by atoms with E-state index in [0.717, 1.165) is 31.2 Å². The molecule has 1 aliphatic rings. The standard InChI is InChI=1S/C15H18O2/c1-2-3-6-10-15(14(16)17)11-9-12-7-4-5-8-13(12)15/h2,4-5,7-8H,1,3,6,9-11H2,(H,16,17). The lowest BCUT2D eigenvalue weighted by molar-refractivity contribution is -0.144. The lowest BCUT2D eigenvalue weighted by Crippen LogP contribution is -2.33. The van der Waals surface area contributed by atoms with Gasteiger partial charge in [-0.25, -0.2) is 0 Å². The van der Waals surface area contributed by atoms with Crippen molar-refractivity contribution in [3.8, 4) is 0 Å². The van der Waals surface area contributed by atoms with Gasteiger partial charge in [-0.2, -0.15) is 0 Å². The zero-order valence-corrected chi connectivity index (χ0v) is 9.98. The Morgan fingerprint density at radius 3 is 2.94 bits per heavy atom. The molecule has 0 radical (unpaired) electrons. The summed E-state index contributed by atoms with van der Waals surface area (Å²) in [6.45, 7) is 3.69. The molecule has 0 spiro atoms. The average molecular weight is 230 g/mol. The molecule has 0 aromatic heterocycles. The van der Waals surface area contributed by atoms with Gasteiger partial charge in [0.1, 0.15) is 0 Å². The minimum Gasteiger partial charge on any atom is -0.481 e. The van der Waals surface area contributed by atoms with Crippen LogP contribution in [0.4, 0.5) is 0 Å². The molecular formula is C15H18O2. The van der Waals surface area contributed by atoms with E-state index in [9.17, 15) is 9.90 Å². The van der Waals surface area contributed by atoms with Crippen molar-refractivity contribution in [2.24, 2.45) is 0 Å². The van der Waals surface area contributed by atoms with Crippen LogP contribution in [0.25, 0.3) is 0 Å². The normalized spacial score (nSPS) is 22.1. The maximum absolute atomic E-state index is 11.7. The molecule has 0 amide bonds. The zero-order chi connectivity index (χ0) is 12.3. The van der Waals surface area contributed by atoms with E-state index in [-0.39, 0.29) is 0 Å². The average Bonchev–Trinajstić information content (AvgIpc) is 2.70. The van der Waals surface area contributed by atoms with Crippen molar-refractivity contribution in [3.05, 3.63) is 48.0 Å². The summed E-state index contributed by atoms with van der Waals surface area (Å²) in [6, 6.07) is 7.95. The predicted molar refractivity (Wildman–Crippen MR) is 68.1 cm³/mol. The summed E-state index contributed by atoms with van der Waals surface area (Å²) in [7, 11) is 0. The van der Waals surface area contributed by atoms with Crippen LogP contribution in [0.5, 0.6) is 0 Å². The highest BCUT2D eigenvalue weighted by Crippen LogP contribution is 2.42. The molecule has 0 saturated heterocycles. The topological polar surface area (TPSA) is 37.3 Å². The highest BCUT2D eigenvalue weighted by Gasteiger charge is 2.44. The van der Waals surface area contributed by atoms with Gasteiger partial charge in [0.25, 0.3) is 0 Å². The minimum absolute atomic E-state index is 0.653. The molecule has 2 rings (SSSR count). The first-order chi connectivity index (χ1) is 8.20. The molecular weight excluding hydrogens is 212 g/mol. The van der Waals surface area contributed by atoms with E-state index in [0.29, 0.717) is 6.42 Å². The van der Waals surface area contributed by atoms with E-state index in [1.54, 1.807) is 0 Å². The quantitative estimate of drug-likeness (QED) is 0.622. The highest BCUT2D eigenvalue weighted by molar-refractivity contribution is 5.83. The first-order valence-corrected chi connectivity index (χ1v) is 6.13. The van der Waals surface area contributed by atoms with Crippen molar-refractivity contribution in [1.29, 1.82) is 0 Å². The summed E-state index contributed by atoms with van der Waals surface area (Å²) in [5, 5.41) is 9.58. The summed E-state index contributed by atoms with van der Waals surface area (Å²) in [5.74, 6) is -0.675. The molecule has 1 atom stereocenters. The number of unbranched alkanes of at least 4 members (excludes halogenated alkanes) is 1. The Balaban J connectivity index is 2.31. The fourth-order valence-corrected chi connectivity index (χ4v) is 2.82. The highest BCUT2D eigenvalue weighted by atomic mass is 16.4. The van der Waals surface area contributed by atoms with Crippen LogP contribution in [0.15, 0.2) is 36.9 Å². The van der Waals surface area contributed by atoms with Crippen molar-refractivity contribution in [3.63, 3.8) is 0 Å². The van der Waals surface area contributed by atoms with Crippen LogP contribution in [-0.2, 0) is 16.6 Å². The fraction of sp³-hybridized carbons (Fsp3) is 0.400. The van der Waals surface area contributed by atoms with E-state index in [2.05, 4.69) is 6.58 Å². The number of aryl methyl sites for hydroxylation is 1. The van der Waals surface area contributed by atoms with Crippen molar-refractivity contribution >= 4 is 5.97 Å². The third kappa shape index (κ3) is 1.99. The van der Waals surface area contributed by atoms with Gasteiger partial charge in [-0.3, -0.25) is 4.79 Å². The van der Waals surface area contributed by atoms with Crippen LogP contribution in [0.1, 0.15) is 36.8 Å². The molecule has 0 bridgehead atoms. The predicted octanol–water partition coefficient (Wildman–Crippen LogP) is 3.31. The Hall–Kier alpha value is -1.57. The Bertz CT molecular complexity index is 436. The molecule has 90 valence electrons. The molecule has 1 aromatic carbocycles. The summed E-state index contributed by atoms with van der Waals surface area (Å²) in [4.78, 5) is 11.7. The molecule has 1 aliphatic carbocycles. The maximum atomic E-state index is 11.7. The number of benzene rings is 1. The lowest BCUT2D eigenvalue weighted by Gasteiger charge is -2.25. The Morgan fingerprint density at radius 2 is 2.24 bits per heavy atom. The smallest absolute Gasteiger partial charge is 0.314 e. The van der Waals surface area contributed by atoms with Gasteiger partial charge in [-0.1, -0.05) is 30.3 Å². The molecule has 1 N–H and O–H groups in total. The number of hydrogen-bond donors (Lipinski definition) is 1. The number of hydrogen-bond acceptors (Lipinski definition) is 1. The summed E-state index contributed by atoms with van der Waals surface area (Å²) in [5.41, 5.74) is 1.57. The van der Waals surface area contributed by atoms with E-state index >= 15 is 0 Å². The zero-order valence-electron chi connectivity index (χ0n) is 9.98. The van der Waals surface area contributed by atoms with Gasteiger partial charge in [0.05, 0.1) is 5.41 Å². The van der Waals surface area contributed by atoms with Crippen LogP contribution in [0, 0.1) is 0 Å². The Morgan fingerprint density at radius 1 is 1.47 bits per heavy atom. The Kier molecular flexibility index (Phi) is 3.32. The molecule has 1 aromatic rings. The number of rotatable bonds is 5. The third-order valence-electron chi connectivity index (χ3n) is 3.78. The van der Waals surface area contributed by atoms with Gasteiger partial charge in [0, 0.05) is 0 Å². The first kappa shape index (κ1) is 11.9. The summed E-state index contributed by atoms with van der Waals surface area (Å²) in [6.07, 6.45) is 5.97. The largest absolute Gasteiger partial charge is 0.481 e. The number of allylic oxidation sites excluding steroid dienone is 1. The van der Waals surface area contributed by atoms with Crippen molar-refractivity contribution in [2.45, 2.75) is 37.5 Å². The molecule has 0 fully saturated rings. The third-order valence-corrected chi connectivity index (χ3v) is 3.78. The van der Waals surface area contributed by atoms with Gasteiger partial charge >= 0.3 is 5.97 Å². The summed E-state index contributed by atoms with van der Waals surface area (Å²) < 4.78 is 0. The first-order valence-electron chi connectivity index (χ1n) is 6.13. The molecule has 2 heteroatoms. The molecule has 1 unspecified atom stereocenters. The molecule has 0 heterocycles. The van der Waals surface area contributed by atoms with Crippen LogP contribution < -0.4 is 0 Å². The van der Waals surface area contributed by atoms with Gasteiger partial charge in [-0.05, 0) is 43.2 Å². The Labute approximate surface area is 102 Å². The van der Waals surface area contributed by atoms with E-state index in [1.165, 1.54) is 5.56 Å².